The van der Waals surface area contributed by atoms with E-state index in [-0.39, 0.29) is 31.3 Å². The van der Waals surface area contributed by atoms with E-state index in [1.807, 2.05) is 13.8 Å². The van der Waals surface area contributed by atoms with Gasteiger partial charge in [0.15, 0.2) is 6.04 Å². The summed E-state index contributed by atoms with van der Waals surface area (Å²) in [7, 11) is 2.62. The highest BCUT2D eigenvalue weighted by atomic mass is 16.5. The molecule has 0 saturated heterocycles. The summed E-state index contributed by atoms with van der Waals surface area (Å²) in [5.41, 5.74) is 0. The number of esters is 1. The minimum Gasteiger partial charge on any atom is -0.467 e. The maximum atomic E-state index is 12.1. The van der Waals surface area contributed by atoms with Crippen molar-refractivity contribution in [2.75, 3.05) is 20.8 Å². The van der Waals surface area contributed by atoms with Gasteiger partial charge in [-0.2, -0.15) is 0 Å². The quantitative estimate of drug-likeness (QED) is 0.647. The Balaban J connectivity index is 5.22. The topological polar surface area (TPSA) is 72.9 Å². The Morgan fingerprint density at radius 2 is 1.68 bits per heavy atom. The fourth-order valence-corrected chi connectivity index (χ4v) is 1.65. The van der Waals surface area contributed by atoms with E-state index in [4.69, 9.17) is 4.74 Å². The van der Waals surface area contributed by atoms with Crippen LogP contribution in [0.15, 0.2) is 0 Å². The van der Waals surface area contributed by atoms with Crippen LogP contribution in [0.2, 0.25) is 0 Å². The van der Waals surface area contributed by atoms with Crippen LogP contribution in [-0.2, 0) is 23.9 Å². The first-order valence-corrected chi connectivity index (χ1v) is 6.30. The largest absolute Gasteiger partial charge is 0.467 e. The van der Waals surface area contributed by atoms with Gasteiger partial charge in [-0.1, -0.05) is 20.8 Å². The number of methoxy groups -OCH3 is 2. The predicted molar refractivity (Wildman–Crippen MR) is 69.3 cm³/mol. The molecular formula is C13H23NO5. The number of amides is 2. The highest BCUT2D eigenvalue weighted by Gasteiger charge is 2.34. The van der Waals surface area contributed by atoms with Crippen LogP contribution in [-0.4, -0.2) is 49.6 Å². The Morgan fingerprint density at radius 1 is 1.11 bits per heavy atom. The van der Waals surface area contributed by atoms with Crippen LogP contribution in [0.5, 0.6) is 0 Å². The molecule has 6 nitrogen and oxygen atoms in total. The van der Waals surface area contributed by atoms with Crippen LogP contribution in [0.4, 0.5) is 0 Å². The molecule has 0 N–H and O–H groups in total. The molecule has 0 rings (SSSR count). The molecule has 0 aromatic heterocycles. The van der Waals surface area contributed by atoms with Crippen molar-refractivity contribution in [2.24, 2.45) is 5.92 Å². The number of imide groups is 1. The van der Waals surface area contributed by atoms with Crippen LogP contribution >= 0.6 is 0 Å². The summed E-state index contributed by atoms with van der Waals surface area (Å²) in [4.78, 5) is 36.7. The minimum absolute atomic E-state index is 0.0672. The molecular weight excluding hydrogens is 250 g/mol. The second-order valence-electron chi connectivity index (χ2n) is 4.60. The number of ether oxygens (including phenoxy) is 2. The molecule has 0 saturated carbocycles. The molecule has 6 heteroatoms. The summed E-state index contributed by atoms with van der Waals surface area (Å²) < 4.78 is 9.54. The van der Waals surface area contributed by atoms with Crippen molar-refractivity contribution in [3.8, 4) is 0 Å². The Hall–Kier alpha value is -1.43. The van der Waals surface area contributed by atoms with E-state index in [0.717, 1.165) is 4.90 Å². The summed E-state index contributed by atoms with van der Waals surface area (Å²) in [6.45, 7) is 5.31. The van der Waals surface area contributed by atoms with Crippen molar-refractivity contribution >= 4 is 17.8 Å². The Kier molecular flexibility index (Phi) is 7.98. The summed E-state index contributed by atoms with van der Waals surface area (Å²) in [6.07, 6.45) is 0.337. The Labute approximate surface area is 114 Å². The molecule has 0 unspecified atom stereocenters. The fourth-order valence-electron chi connectivity index (χ4n) is 1.65. The first-order valence-electron chi connectivity index (χ1n) is 6.30. The van der Waals surface area contributed by atoms with Gasteiger partial charge in [-0.25, -0.2) is 4.79 Å². The molecule has 0 aliphatic carbocycles. The third kappa shape index (κ3) is 5.38. The van der Waals surface area contributed by atoms with E-state index < -0.39 is 17.9 Å². The normalized spacial score (nSPS) is 12.1. The molecule has 19 heavy (non-hydrogen) atoms. The molecule has 0 aliphatic heterocycles. The Bertz CT molecular complexity index is 327. The van der Waals surface area contributed by atoms with E-state index in [0.29, 0.717) is 0 Å². The zero-order valence-corrected chi connectivity index (χ0v) is 12.3. The summed E-state index contributed by atoms with van der Waals surface area (Å²) in [5, 5.41) is 0. The highest BCUT2D eigenvalue weighted by Crippen LogP contribution is 2.12. The van der Waals surface area contributed by atoms with Gasteiger partial charge in [0.25, 0.3) is 0 Å². The highest BCUT2D eigenvalue weighted by molar-refractivity contribution is 5.99. The average Bonchev–Trinajstić information content (AvgIpc) is 2.35. The SMILES string of the molecule is CCC(=O)N(C(=O)CC(C)C)[C@@H](COC)C(=O)OC. The summed E-state index contributed by atoms with van der Waals surface area (Å²) in [6, 6.07) is -1.02. The number of hydrogen-bond donors (Lipinski definition) is 0. The molecule has 0 heterocycles. The third-order valence-electron chi connectivity index (χ3n) is 2.53. The molecule has 110 valence electrons. The number of carbonyl (C=O) groups excluding carboxylic acids is 3. The van der Waals surface area contributed by atoms with Gasteiger partial charge in [0, 0.05) is 20.0 Å². The van der Waals surface area contributed by atoms with E-state index >= 15 is 0 Å². The maximum Gasteiger partial charge on any atom is 0.331 e. The lowest BCUT2D eigenvalue weighted by molar-refractivity contribution is -0.162. The molecule has 0 aromatic rings. The van der Waals surface area contributed by atoms with Crippen LogP contribution in [0, 0.1) is 5.92 Å². The van der Waals surface area contributed by atoms with E-state index in [1.165, 1.54) is 14.2 Å². The van der Waals surface area contributed by atoms with Gasteiger partial charge in [0.1, 0.15) is 0 Å². The standard InChI is InChI=1S/C13H23NO5/c1-6-11(15)14(12(16)7-9(2)3)10(8-18-4)13(17)19-5/h9-10H,6-8H2,1-5H3/t10-/m0/s1. The van der Waals surface area contributed by atoms with Crippen molar-refractivity contribution in [2.45, 2.75) is 39.7 Å². The number of rotatable bonds is 7. The van der Waals surface area contributed by atoms with Crippen molar-refractivity contribution in [3.05, 3.63) is 0 Å². The zero-order valence-electron chi connectivity index (χ0n) is 12.3. The van der Waals surface area contributed by atoms with E-state index in [1.54, 1.807) is 6.92 Å². The molecule has 0 spiro atoms. The van der Waals surface area contributed by atoms with E-state index in [9.17, 15) is 14.4 Å². The molecule has 2 amide bonds. The van der Waals surface area contributed by atoms with E-state index in [2.05, 4.69) is 4.74 Å². The Morgan fingerprint density at radius 3 is 2.05 bits per heavy atom. The monoisotopic (exact) mass is 273 g/mol. The molecule has 0 radical (unpaired) electrons. The fraction of sp³-hybridized carbons (Fsp3) is 0.769. The average molecular weight is 273 g/mol. The van der Waals surface area contributed by atoms with Crippen molar-refractivity contribution in [1.29, 1.82) is 0 Å². The first kappa shape index (κ1) is 17.6. The molecule has 0 fully saturated rings. The van der Waals surface area contributed by atoms with Gasteiger partial charge < -0.3 is 9.47 Å². The second-order valence-corrected chi connectivity index (χ2v) is 4.60. The van der Waals surface area contributed by atoms with Gasteiger partial charge >= 0.3 is 5.97 Å². The summed E-state index contributed by atoms with van der Waals surface area (Å²) in [5.74, 6) is -1.34. The van der Waals surface area contributed by atoms with Crippen LogP contribution in [0.1, 0.15) is 33.6 Å². The van der Waals surface area contributed by atoms with Gasteiger partial charge in [0.05, 0.1) is 13.7 Å². The number of nitrogens with zero attached hydrogens (tertiary/aromatic N) is 1. The van der Waals surface area contributed by atoms with Gasteiger partial charge in [0.2, 0.25) is 11.8 Å². The van der Waals surface area contributed by atoms with Crippen LogP contribution in [0.3, 0.4) is 0 Å². The zero-order chi connectivity index (χ0) is 15.0. The van der Waals surface area contributed by atoms with Crippen molar-refractivity contribution < 1.29 is 23.9 Å². The number of hydrogen-bond acceptors (Lipinski definition) is 5. The summed E-state index contributed by atoms with van der Waals surface area (Å²) >= 11 is 0. The molecule has 1 atom stereocenters. The second kappa shape index (κ2) is 8.63. The lowest BCUT2D eigenvalue weighted by Gasteiger charge is -2.28. The van der Waals surface area contributed by atoms with Crippen LogP contribution < -0.4 is 0 Å². The molecule has 0 bridgehead atoms. The predicted octanol–water partition coefficient (Wildman–Crippen LogP) is 0.986. The van der Waals surface area contributed by atoms with Crippen molar-refractivity contribution in [3.63, 3.8) is 0 Å². The van der Waals surface area contributed by atoms with Crippen LogP contribution in [0.25, 0.3) is 0 Å². The van der Waals surface area contributed by atoms with Gasteiger partial charge in [-0.3, -0.25) is 14.5 Å². The maximum absolute atomic E-state index is 12.1. The number of carbonyl (C=O) groups is 3. The third-order valence-corrected chi connectivity index (χ3v) is 2.53. The molecule has 0 aliphatic rings. The lowest BCUT2D eigenvalue weighted by Crippen LogP contribution is -2.51. The first-order chi connectivity index (χ1) is 8.88. The molecule has 0 aromatic carbocycles. The van der Waals surface area contributed by atoms with Crippen molar-refractivity contribution in [1.82, 2.24) is 4.90 Å². The minimum atomic E-state index is -1.02. The smallest absolute Gasteiger partial charge is 0.331 e. The van der Waals surface area contributed by atoms with Gasteiger partial charge in [-0.05, 0) is 5.92 Å². The lowest BCUT2D eigenvalue weighted by atomic mass is 10.1. The van der Waals surface area contributed by atoms with Gasteiger partial charge in [-0.15, -0.1) is 0 Å².